The molecule has 1 N–H and O–H groups in total. The van der Waals surface area contributed by atoms with Crippen LogP contribution in [0, 0.1) is 13.8 Å². The molecule has 0 amide bonds. The second-order valence-corrected chi connectivity index (χ2v) is 5.44. The molecule has 20 heavy (non-hydrogen) atoms. The number of benzene rings is 1. The molecule has 0 bridgehead atoms. The quantitative estimate of drug-likeness (QED) is 0.931. The van der Waals surface area contributed by atoms with E-state index >= 15 is 0 Å². The van der Waals surface area contributed by atoms with Gasteiger partial charge in [0.25, 0.3) is 0 Å². The van der Waals surface area contributed by atoms with E-state index in [4.69, 9.17) is 4.74 Å². The summed E-state index contributed by atoms with van der Waals surface area (Å²) in [5.41, 5.74) is 2.31. The molecule has 0 aliphatic carbocycles. The topological polar surface area (TPSA) is 39.1 Å². The van der Waals surface area contributed by atoms with Crippen molar-refractivity contribution < 1.29 is 4.74 Å². The minimum absolute atomic E-state index is 0.492. The number of nitrogens with one attached hydrogen (secondary N) is 1. The Morgan fingerprint density at radius 1 is 1.25 bits per heavy atom. The maximum atomic E-state index is 5.96. The number of hydrogen-bond donors (Lipinski definition) is 1. The first-order valence-corrected chi connectivity index (χ1v) is 7.23. The van der Waals surface area contributed by atoms with Gasteiger partial charge in [-0.25, -0.2) is 0 Å². The first-order chi connectivity index (χ1) is 9.74. The zero-order valence-electron chi connectivity index (χ0n) is 12.1. The summed E-state index contributed by atoms with van der Waals surface area (Å²) in [5.74, 6) is 1.73. The predicted octanol–water partition coefficient (Wildman–Crippen LogP) is 3.22. The Bertz CT molecular complexity index is 585. The van der Waals surface area contributed by atoms with Crippen LogP contribution in [0.5, 0.6) is 11.5 Å². The van der Waals surface area contributed by atoms with Crippen LogP contribution in [0.25, 0.3) is 0 Å². The van der Waals surface area contributed by atoms with E-state index in [0.29, 0.717) is 6.04 Å². The van der Waals surface area contributed by atoms with E-state index < -0.39 is 0 Å². The van der Waals surface area contributed by atoms with Crippen LogP contribution in [0.1, 0.15) is 30.1 Å². The van der Waals surface area contributed by atoms with Crippen molar-refractivity contribution in [2.45, 2.75) is 32.7 Å². The molecule has 0 spiro atoms. The Morgan fingerprint density at radius 2 is 2.05 bits per heavy atom. The molecule has 4 heteroatoms. The van der Waals surface area contributed by atoms with Gasteiger partial charge in [-0.2, -0.15) is 5.10 Å². The monoisotopic (exact) mass is 271 g/mol. The third kappa shape index (κ3) is 2.70. The Labute approximate surface area is 119 Å². The van der Waals surface area contributed by atoms with Gasteiger partial charge in [0.15, 0.2) is 5.75 Å². The van der Waals surface area contributed by atoms with Gasteiger partial charge in [0, 0.05) is 0 Å². The largest absolute Gasteiger partial charge is 0.454 e. The summed E-state index contributed by atoms with van der Waals surface area (Å²) < 4.78 is 8.08. The van der Waals surface area contributed by atoms with Crippen molar-refractivity contribution in [1.82, 2.24) is 15.1 Å². The van der Waals surface area contributed by atoms with Gasteiger partial charge in [0.05, 0.1) is 17.9 Å². The minimum atomic E-state index is 0.492. The molecule has 0 radical (unpaired) electrons. The summed E-state index contributed by atoms with van der Waals surface area (Å²) in [6.45, 7) is 6.29. The van der Waals surface area contributed by atoms with Gasteiger partial charge in [0.1, 0.15) is 5.75 Å². The van der Waals surface area contributed by atoms with Crippen molar-refractivity contribution in [3.05, 3.63) is 41.7 Å². The SMILES string of the molecule is Cc1cccc(Oc2cnn(C3CCNCC3)c2C)c1. The highest BCUT2D eigenvalue weighted by molar-refractivity contribution is 5.34. The van der Waals surface area contributed by atoms with Gasteiger partial charge >= 0.3 is 0 Å². The molecule has 106 valence electrons. The van der Waals surface area contributed by atoms with Gasteiger partial charge in [-0.3, -0.25) is 4.68 Å². The molecule has 0 unspecified atom stereocenters. The molecule has 1 aromatic carbocycles. The summed E-state index contributed by atoms with van der Waals surface area (Å²) >= 11 is 0. The Balaban J connectivity index is 1.79. The smallest absolute Gasteiger partial charge is 0.168 e. The average molecular weight is 271 g/mol. The van der Waals surface area contributed by atoms with Crippen LogP contribution in [-0.4, -0.2) is 22.9 Å². The van der Waals surface area contributed by atoms with Gasteiger partial charge in [-0.1, -0.05) is 12.1 Å². The fourth-order valence-electron chi connectivity index (χ4n) is 2.73. The lowest BCUT2D eigenvalue weighted by molar-refractivity contribution is 0.336. The van der Waals surface area contributed by atoms with Gasteiger partial charge in [-0.05, 0) is 57.5 Å². The molecule has 2 heterocycles. The number of aryl methyl sites for hydroxylation is 1. The fourth-order valence-corrected chi connectivity index (χ4v) is 2.73. The van der Waals surface area contributed by atoms with Gasteiger partial charge in [0.2, 0.25) is 0 Å². The molecule has 1 fully saturated rings. The summed E-state index contributed by atoms with van der Waals surface area (Å²) in [4.78, 5) is 0. The number of piperidine rings is 1. The number of rotatable bonds is 3. The highest BCUT2D eigenvalue weighted by Crippen LogP contribution is 2.29. The molecule has 2 aromatic rings. The number of ether oxygens (including phenoxy) is 1. The van der Waals surface area contributed by atoms with E-state index in [1.54, 1.807) is 0 Å². The summed E-state index contributed by atoms with van der Waals surface area (Å²) in [7, 11) is 0. The standard InChI is InChI=1S/C16H21N3O/c1-12-4-3-5-15(10-12)20-16-11-18-19(13(16)2)14-6-8-17-9-7-14/h3-5,10-11,14,17H,6-9H2,1-2H3. The number of aromatic nitrogens is 2. The average Bonchev–Trinajstić information content (AvgIpc) is 2.81. The third-order valence-electron chi connectivity index (χ3n) is 3.87. The van der Waals surface area contributed by atoms with E-state index in [1.165, 1.54) is 5.56 Å². The zero-order valence-corrected chi connectivity index (χ0v) is 12.1. The normalized spacial score (nSPS) is 16.3. The van der Waals surface area contributed by atoms with E-state index in [2.05, 4.69) is 35.0 Å². The summed E-state index contributed by atoms with van der Waals surface area (Å²) in [6.07, 6.45) is 4.10. The molecular weight excluding hydrogens is 250 g/mol. The van der Waals surface area contributed by atoms with Crippen LogP contribution >= 0.6 is 0 Å². The van der Waals surface area contributed by atoms with Gasteiger partial charge < -0.3 is 10.1 Å². The van der Waals surface area contributed by atoms with Gasteiger partial charge in [-0.15, -0.1) is 0 Å². The molecule has 1 aliphatic rings. The molecule has 0 atom stereocenters. The fraction of sp³-hybridized carbons (Fsp3) is 0.438. The van der Waals surface area contributed by atoms with E-state index in [0.717, 1.165) is 43.1 Å². The predicted molar refractivity (Wildman–Crippen MR) is 79.4 cm³/mol. The van der Waals surface area contributed by atoms with E-state index in [9.17, 15) is 0 Å². The van der Waals surface area contributed by atoms with Crippen LogP contribution in [0.4, 0.5) is 0 Å². The molecule has 1 aliphatic heterocycles. The maximum Gasteiger partial charge on any atom is 0.168 e. The molecular formula is C16H21N3O. The lowest BCUT2D eigenvalue weighted by Crippen LogP contribution is -2.30. The zero-order chi connectivity index (χ0) is 13.9. The van der Waals surface area contributed by atoms with Crippen molar-refractivity contribution in [3.63, 3.8) is 0 Å². The molecule has 0 saturated carbocycles. The first kappa shape index (κ1) is 13.2. The van der Waals surface area contributed by atoms with Crippen molar-refractivity contribution in [1.29, 1.82) is 0 Å². The van der Waals surface area contributed by atoms with Crippen molar-refractivity contribution in [3.8, 4) is 11.5 Å². The highest BCUT2D eigenvalue weighted by atomic mass is 16.5. The lowest BCUT2D eigenvalue weighted by atomic mass is 10.1. The molecule has 3 rings (SSSR count). The molecule has 4 nitrogen and oxygen atoms in total. The van der Waals surface area contributed by atoms with Crippen LogP contribution in [0.15, 0.2) is 30.5 Å². The van der Waals surface area contributed by atoms with Crippen LogP contribution in [-0.2, 0) is 0 Å². The highest BCUT2D eigenvalue weighted by Gasteiger charge is 2.19. The lowest BCUT2D eigenvalue weighted by Gasteiger charge is -2.24. The van der Waals surface area contributed by atoms with E-state index in [1.807, 2.05) is 24.4 Å². The second-order valence-electron chi connectivity index (χ2n) is 5.44. The van der Waals surface area contributed by atoms with Crippen molar-refractivity contribution in [2.75, 3.05) is 13.1 Å². The second kappa shape index (κ2) is 5.67. The molecule has 1 saturated heterocycles. The van der Waals surface area contributed by atoms with Crippen LogP contribution in [0.2, 0.25) is 0 Å². The van der Waals surface area contributed by atoms with Crippen molar-refractivity contribution in [2.24, 2.45) is 0 Å². The Kier molecular flexibility index (Phi) is 3.74. The maximum absolute atomic E-state index is 5.96. The number of nitrogens with zero attached hydrogens (tertiary/aromatic N) is 2. The number of hydrogen-bond acceptors (Lipinski definition) is 3. The summed E-state index contributed by atoms with van der Waals surface area (Å²) in [6, 6.07) is 8.59. The van der Waals surface area contributed by atoms with E-state index in [-0.39, 0.29) is 0 Å². The van der Waals surface area contributed by atoms with Crippen LogP contribution in [0.3, 0.4) is 0 Å². The molecule has 1 aromatic heterocycles. The van der Waals surface area contributed by atoms with Crippen LogP contribution < -0.4 is 10.1 Å². The minimum Gasteiger partial charge on any atom is -0.454 e. The first-order valence-electron chi connectivity index (χ1n) is 7.23. The third-order valence-corrected chi connectivity index (χ3v) is 3.87. The Morgan fingerprint density at radius 3 is 2.80 bits per heavy atom. The summed E-state index contributed by atoms with van der Waals surface area (Å²) in [5, 5.41) is 7.91. The Hall–Kier alpha value is -1.81. The van der Waals surface area contributed by atoms with Crippen molar-refractivity contribution >= 4 is 0 Å².